The lowest BCUT2D eigenvalue weighted by molar-refractivity contribution is 0.156. The summed E-state index contributed by atoms with van der Waals surface area (Å²) in [6.45, 7) is 13.0. The summed E-state index contributed by atoms with van der Waals surface area (Å²) in [6, 6.07) is 12.1. The Balaban J connectivity index is 1.89. The van der Waals surface area contributed by atoms with Crippen molar-refractivity contribution in [1.29, 1.82) is 0 Å². The average Bonchev–Trinajstić information content (AvgIpc) is 2.71. The Morgan fingerprint density at radius 1 is 1.24 bits per heavy atom. The summed E-state index contributed by atoms with van der Waals surface area (Å²) in [5.74, 6) is 0. The molecular weight excluding hydrogens is 256 g/mol. The van der Waals surface area contributed by atoms with E-state index < -0.39 is 0 Å². The fraction of sp³-hybridized carbons (Fsp3) is 0.684. The lowest BCUT2D eigenvalue weighted by Crippen LogP contribution is -2.48. The molecule has 0 bridgehead atoms. The zero-order valence-electron chi connectivity index (χ0n) is 14.2. The number of rotatable bonds is 4. The molecule has 0 radical (unpaired) electrons. The molecule has 0 spiro atoms. The Kier molecular flexibility index (Phi) is 5.83. The first kappa shape index (κ1) is 16.5. The van der Waals surface area contributed by atoms with Crippen LogP contribution < -0.4 is 5.32 Å². The van der Waals surface area contributed by atoms with E-state index in [2.05, 4.69) is 68.2 Å². The molecule has 21 heavy (non-hydrogen) atoms. The molecule has 1 aromatic carbocycles. The molecule has 0 aliphatic carbocycles. The van der Waals surface area contributed by atoms with Gasteiger partial charge in [-0.3, -0.25) is 4.90 Å². The third kappa shape index (κ3) is 5.12. The van der Waals surface area contributed by atoms with Crippen LogP contribution >= 0.6 is 0 Å². The Bertz CT molecular complexity index is 407. The van der Waals surface area contributed by atoms with Gasteiger partial charge in [-0.25, -0.2) is 0 Å². The van der Waals surface area contributed by atoms with Crippen LogP contribution in [0.2, 0.25) is 0 Å². The van der Waals surface area contributed by atoms with E-state index >= 15 is 0 Å². The van der Waals surface area contributed by atoms with Gasteiger partial charge in [-0.1, -0.05) is 51.1 Å². The minimum absolute atomic E-state index is 0.335. The maximum atomic E-state index is 3.74. The molecule has 0 aromatic heterocycles. The lowest BCUT2D eigenvalue weighted by atomic mass is 9.86. The molecule has 2 unspecified atom stereocenters. The number of hydrogen-bond donors (Lipinski definition) is 1. The third-order valence-electron chi connectivity index (χ3n) is 4.79. The Morgan fingerprint density at radius 3 is 2.62 bits per heavy atom. The molecule has 1 heterocycles. The van der Waals surface area contributed by atoms with Crippen LogP contribution in [0, 0.1) is 5.41 Å². The van der Waals surface area contributed by atoms with Crippen LogP contribution in [0.15, 0.2) is 30.3 Å². The minimum atomic E-state index is 0.335. The SMILES string of the molecule is CC(CCc1ccccc1)N1CCCNC(C(C)(C)C)C1. The molecule has 2 rings (SSSR count). The zero-order valence-corrected chi connectivity index (χ0v) is 14.2. The normalized spacial score (nSPS) is 22.8. The molecular formula is C19H32N2. The van der Waals surface area contributed by atoms with Gasteiger partial charge < -0.3 is 5.32 Å². The second-order valence-corrected chi connectivity index (χ2v) is 7.59. The first-order chi connectivity index (χ1) is 9.97. The van der Waals surface area contributed by atoms with Gasteiger partial charge in [0, 0.05) is 18.6 Å². The monoisotopic (exact) mass is 288 g/mol. The number of aryl methyl sites for hydroxylation is 1. The molecule has 2 atom stereocenters. The van der Waals surface area contributed by atoms with E-state index in [-0.39, 0.29) is 0 Å². The average molecular weight is 288 g/mol. The summed E-state index contributed by atoms with van der Waals surface area (Å²) in [5, 5.41) is 3.74. The topological polar surface area (TPSA) is 15.3 Å². The maximum Gasteiger partial charge on any atom is 0.0243 e. The van der Waals surface area contributed by atoms with Crippen molar-refractivity contribution in [2.45, 2.75) is 59.0 Å². The fourth-order valence-electron chi connectivity index (χ4n) is 3.13. The van der Waals surface area contributed by atoms with E-state index in [4.69, 9.17) is 0 Å². The summed E-state index contributed by atoms with van der Waals surface area (Å²) in [6.07, 6.45) is 3.70. The first-order valence-electron chi connectivity index (χ1n) is 8.48. The molecule has 1 aromatic rings. The highest BCUT2D eigenvalue weighted by molar-refractivity contribution is 5.14. The van der Waals surface area contributed by atoms with E-state index in [9.17, 15) is 0 Å². The van der Waals surface area contributed by atoms with E-state index in [0.29, 0.717) is 17.5 Å². The quantitative estimate of drug-likeness (QED) is 0.908. The van der Waals surface area contributed by atoms with Crippen LogP contribution in [-0.2, 0) is 6.42 Å². The van der Waals surface area contributed by atoms with Crippen LogP contribution in [0.1, 0.15) is 46.1 Å². The highest BCUT2D eigenvalue weighted by atomic mass is 15.2. The van der Waals surface area contributed by atoms with Gasteiger partial charge >= 0.3 is 0 Å². The highest BCUT2D eigenvalue weighted by Crippen LogP contribution is 2.23. The minimum Gasteiger partial charge on any atom is -0.312 e. The van der Waals surface area contributed by atoms with Crippen LogP contribution in [0.4, 0.5) is 0 Å². The molecule has 0 saturated carbocycles. The summed E-state index contributed by atoms with van der Waals surface area (Å²) in [4.78, 5) is 2.69. The second kappa shape index (κ2) is 7.42. The van der Waals surface area contributed by atoms with Crippen molar-refractivity contribution >= 4 is 0 Å². The Morgan fingerprint density at radius 2 is 1.95 bits per heavy atom. The summed E-state index contributed by atoms with van der Waals surface area (Å²) in [7, 11) is 0. The molecule has 0 amide bonds. The summed E-state index contributed by atoms with van der Waals surface area (Å²) < 4.78 is 0. The van der Waals surface area contributed by atoms with Gasteiger partial charge in [-0.15, -0.1) is 0 Å². The number of nitrogens with one attached hydrogen (secondary N) is 1. The van der Waals surface area contributed by atoms with Gasteiger partial charge in [0.2, 0.25) is 0 Å². The van der Waals surface area contributed by atoms with Gasteiger partial charge in [0.15, 0.2) is 0 Å². The van der Waals surface area contributed by atoms with Gasteiger partial charge in [-0.05, 0) is 50.3 Å². The maximum absolute atomic E-state index is 3.74. The predicted molar refractivity (Wildman–Crippen MR) is 91.7 cm³/mol. The van der Waals surface area contributed by atoms with E-state index in [1.807, 2.05) is 0 Å². The molecule has 1 fully saturated rings. The van der Waals surface area contributed by atoms with Crippen LogP contribution in [0.5, 0.6) is 0 Å². The molecule has 1 aliphatic heterocycles. The van der Waals surface area contributed by atoms with Crippen LogP contribution in [0.25, 0.3) is 0 Å². The largest absolute Gasteiger partial charge is 0.312 e. The summed E-state index contributed by atoms with van der Waals surface area (Å²) >= 11 is 0. The fourth-order valence-corrected chi connectivity index (χ4v) is 3.13. The van der Waals surface area contributed by atoms with Crippen LogP contribution in [0.3, 0.4) is 0 Å². The predicted octanol–water partition coefficient (Wildman–Crippen LogP) is 3.72. The van der Waals surface area contributed by atoms with Crippen molar-refractivity contribution in [2.24, 2.45) is 5.41 Å². The lowest BCUT2D eigenvalue weighted by Gasteiger charge is -2.36. The summed E-state index contributed by atoms with van der Waals surface area (Å²) in [5.41, 5.74) is 1.80. The van der Waals surface area contributed by atoms with E-state index in [1.165, 1.54) is 37.9 Å². The molecule has 2 nitrogen and oxygen atoms in total. The van der Waals surface area contributed by atoms with Gasteiger partial charge in [0.05, 0.1) is 0 Å². The molecule has 118 valence electrons. The first-order valence-corrected chi connectivity index (χ1v) is 8.48. The van der Waals surface area contributed by atoms with Crippen molar-refractivity contribution < 1.29 is 0 Å². The van der Waals surface area contributed by atoms with Gasteiger partial charge in [-0.2, -0.15) is 0 Å². The van der Waals surface area contributed by atoms with Gasteiger partial charge in [0.25, 0.3) is 0 Å². The Hall–Kier alpha value is -0.860. The van der Waals surface area contributed by atoms with Crippen molar-refractivity contribution in [1.82, 2.24) is 10.2 Å². The number of hydrogen-bond acceptors (Lipinski definition) is 2. The molecule has 1 aliphatic rings. The Labute approximate surface area is 130 Å². The van der Waals surface area contributed by atoms with Gasteiger partial charge in [0.1, 0.15) is 0 Å². The standard InChI is InChI=1S/C19H32N2/c1-16(11-12-17-9-6-5-7-10-17)21-14-8-13-20-18(15-21)19(2,3)4/h5-7,9-10,16,18,20H,8,11-15H2,1-4H3. The number of benzene rings is 1. The third-order valence-corrected chi connectivity index (χ3v) is 4.79. The van der Waals surface area contributed by atoms with E-state index in [0.717, 1.165) is 6.54 Å². The van der Waals surface area contributed by atoms with E-state index in [1.54, 1.807) is 0 Å². The zero-order chi connectivity index (χ0) is 15.3. The molecule has 2 heteroatoms. The number of nitrogens with zero attached hydrogens (tertiary/aromatic N) is 1. The van der Waals surface area contributed by atoms with Crippen molar-refractivity contribution in [3.05, 3.63) is 35.9 Å². The highest BCUT2D eigenvalue weighted by Gasteiger charge is 2.29. The smallest absolute Gasteiger partial charge is 0.0243 e. The van der Waals surface area contributed by atoms with Crippen LogP contribution in [-0.4, -0.2) is 36.6 Å². The van der Waals surface area contributed by atoms with Crippen molar-refractivity contribution in [2.75, 3.05) is 19.6 Å². The molecule has 1 saturated heterocycles. The van der Waals surface area contributed by atoms with Crippen molar-refractivity contribution in [3.8, 4) is 0 Å². The molecule has 1 N–H and O–H groups in total. The van der Waals surface area contributed by atoms with Crippen molar-refractivity contribution in [3.63, 3.8) is 0 Å². The second-order valence-electron chi connectivity index (χ2n) is 7.59.